The van der Waals surface area contributed by atoms with Crippen LogP contribution in [-0.2, 0) is 11.8 Å². The van der Waals surface area contributed by atoms with E-state index in [2.05, 4.69) is 76.7 Å². The van der Waals surface area contributed by atoms with Gasteiger partial charge >= 0.3 is 0 Å². The van der Waals surface area contributed by atoms with Crippen LogP contribution in [0.2, 0.25) is 0 Å². The van der Waals surface area contributed by atoms with Gasteiger partial charge in [0.2, 0.25) is 0 Å². The molecule has 1 aromatic heterocycles. The maximum absolute atomic E-state index is 4.37. The highest BCUT2D eigenvalue weighted by Crippen LogP contribution is 2.33. The van der Waals surface area contributed by atoms with Gasteiger partial charge in [0.25, 0.3) is 0 Å². The Labute approximate surface area is 139 Å². The van der Waals surface area contributed by atoms with Gasteiger partial charge in [-0.05, 0) is 36.1 Å². The summed E-state index contributed by atoms with van der Waals surface area (Å²) in [4.78, 5) is 1.25. The van der Waals surface area contributed by atoms with Crippen molar-refractivity contribution in [3.05, 3.63) is 44.9 Å². The summed E-state index contributed by atoms with van der Waals surface area (Å²) in [6.45, 7) is 9.63. The van der Waals surface area contributed by atoms with Crippen molar-refractivity contribution in [1.82, 2.24) is 14.9 Å². The van der Waals surface area contributed by atoms with E-state index in [-0.39, 0.29) is 11.5 Å². The van der Waals surface area contributed by atoms with E-state index >= 15 is 0 Å². The monoisotopic (exact) mass is 367 g/mol. The molecule has 0 aliphatic carbocycles. The number of aromatic nitrogens is 2. The third-order valence-electron chi connectivity index (χ3n) is 3.37. The van der Waals surface area contributed by atoms with Gasteiger partial charge in [0.1, 0.15) is 0 Å². The lowest BCUT2D eigenvalue weighted by Gasteiger charge is -2.22. The Morgan fingerprint density at radius 3 is 2.62 bits per heavy atom. The standard InChI is InChI=1S/C16H22BrN3S/c1-5-18-13(10-11-8-6-7-9-12(11)17)14-15(16(2,3)4)19-20-21-14/h6-9,13,18H,5,10H2,1-4H3. The second-order valence-corrected chi connectivity index (χ2v) is 7.78. The van der Waals surface area contributed by atoms with Crippen LogP contribution in [0.15, 0.2) is 28.7 Å². The zero-order chi connectivity index (χ0) is 15.5. The first-order chi connectivity index (χ1) is 9.93. The molecule has 21 heavy (non-hydrogen) atoms. The van der Waals surface area contributed by atoms with E-state index in [0.717, 1.165) is 23.1 Å². The Morgan fingerprint density at radius 1 is 1.29 bits per heavy atom. The average molecular weight is 368 g/mol. The fourth-order valence-electron chi connectivity index (χ4n) is 2.33. The molecule has 0 aliphatic heterocycles. The van der Waals surface area contributed by atoms with Crippen LogP contribution < -0.4 is 5.32 Å². The lowest BCUT2D eigenvalue weighted by molar-refractivity contribution is 0.514. The lowest BCUT2D eigenvalue weighted by atomic mass is 9.89. The first-order valence-electron chi connectivity index (χ1n) is 7.23. The fraction of sp³-hybridized carbons (Fsp3) is 0.500. The number of hydrogen-bond acceptors (Lipinski definition) is 4. The maximum Gasteiger partial charge on any atom is 0.0857 e. The van der Waals surface area contributed by atoms with Crippen molar-refractivity contribution in [2.75, 3.05) is 6.54 Å². The minimum atomic E-state index is 0.0178. The number of benzene rings is 1. The first kappa shape index (κ1) is 16.6. The van der Waals surface area contributed by atoms with Gasteiger partial charge in [-0.2, -0.15) is 0 Å². The molecule has 0 spiro atoms. The van der Waals surface area contributed by atoms with Crippen molar-refractivity contribution in [2.45, 2.75) is 45.6 Å². The van der Waals surface area contributed by atoms with Crippen LogP contribution >= 0.6 is 27.5 Å². The SMILES string of the molecule is CCNC(Cc1ccccc1Br)c1snnc1C(C)(C)C. The van der Waals surface area contributed by atoms with E-state index in [1.807, 2.05) is 6.07 Å². The summed E-state index contributed by atoms with van der Waals surface area (Å²) in [5.41, 5.74) is 2.42. The van der Waals surface area contributed by atoms with Gasteiger partial charge < -0.3 is 5.32 Å². The van der Waals surface area contributed by atoms with Crippen LogP contribution in [0.25, 0.3) is 0 Å². The van der Waals surface area contributed by atoms with Gasteiger partial charge in [-0.1, -0.05) is 66.3 Å². The van der Waals surface area contributed by atoms with Gasteiger partial charge in [-0.15, -0.1) is 5.10 Å². The van der Waals surface area contributed by atoms with Crippen molar-refractivity contribution in [1.29, 1.82) is 0 Å². The summed E-state index contributed by atoms with van der Waals surface area (Å²) < 4.78 is 5.35. The number of rotatable bonds is 5. The predicted molar refractivity (Wildman–Crippen MR) is 92.9 cm³/mol. The highest BCUT2D eigenvalue weighted by Gasteiger charge is 2.27. The molecule has 3 nitrogen and oxygen atoms in total. The summed E-state index contributed by atoms with van der Waals surface area (Å²) in [6.07, 6.45) is 0.933. The summed E-state index contributed by atoms with van der Waals surface area (Å²) in [5, 5.41) is 7.95. The Hall–Kier alpha value is -0.780. The molecule has 1 unspecified atom stereocenters. The molecule has 5 heteroatoms. The predicted octanol–water partition coefficient (Wildman–Crippen LogP) is 4.49. The van der Waals surface area contributed by atoms with Crippen molar-refractivity contribution in [3.8, 4) is 0 Å². The highest BCUT2D eigenvalue weighted by atomic mass is 79.9. The topological polar surface area (TPSA) is 37.8 Å². The Bertz CT molecular complexity index is 589. The minimum absolute atomic E-state index is 0.0178. The van der Waals surface area contributed by atoms with Gasteiger partial charge in [-0.3, -0.25) is 0 Å². The number of halogens is 1. The van der Waals surface area contributed by atoms with E-state index < -0.39 is 0 Å². The van der Waals surface area contributed by atoms with Crippen molar-refractivity contribution in [3.63, 3.8) is 0 Å². The summed E-state index contributed by atoms with van der Waals surface area (Å²) in [5.74, 6) is 0. The van der Waals surface area contributed by atoms with Crippen molar-refractivity contribution < 1.29 is 0 Å². The third kappa shape index (κ3) is 4.11. The molecule has 1 N–H and O–H groups in total. The zero-order valence-corrected chi connectivity index (χ0v) is 15.4. The largest absolute Gasteiger partial charge is 0.309 e. The Kier molecular flexibility index (Phi) is 5.52. The molecule has 114 valence electrons. The normalized spacial score (nSPS) is 13.4. The smallest absolute Gasteiger partial charge is 0.0857 e. The van der Waals surface area contributed by atoms with E-state index in [9.17, 15) is 0 Å². The minimum Gasteiger partial charge on any atom is -0.309 e. The third-order valence-corrected chi connectivity index (χ3v) is 4.98. The van der Waals surface area contributed by atoms with E-state index in [1.165, 1.54) is 22.0 Å². The molecule has 0 saturated heterocycles. The molecule has 1 atom stereocenters. The van der Waals surface area contributed by atoms with Crippen LogP contribution in [-0.4, -0.2) is 16.1 Å². The zero-order valence-electron chi connectivity index (χ0n) is 13.0. The van der Waals surface area contributed by atoms with Crippen LogP contribution in [0.5, 0.6) is 0 Å². The van der Waals surface area contributed by atoms with Crippen LogP contribution in [0, 0.1) is 0 Å². The molecule has 2 rings (SSSR count). The van der Waals surface area contributed by atoms with Gasteiger partial charge in [0, 0.05) is 15.9 Å². The van der Waals surface area contributed by atoms with Gasteiger partial charge in [-0.25, -0.2) is 0 Å². The van der Waals surface area contributed by atoms with Crippen LogP contribution in [0.3, 0.4) is 0 Å². The molecule has 1 aromatic carbocycles. The number of hydrogen-bond donors (Lipinski definition) is 1. The molecular formula is C16H22BrN3S. The Morgan fingerprint density at radius 2 is 2.00 bits per heavy atom. The second-order valence-electron chi connectivity index (χ2n) is 6.14. The number of likely N-dealkylation sites (N-methyl/N-ethyl adjacent to an activating group) is 1. The van der Waals surface area contributed by atoms with Crippen molar-refractivity contribution >= 4 is 27.5 Å². The van der Waals surface area contributed by atoms with Crippen LogP contribution in [0.4, 0.5) is 0 Å². The summed E-state index contributed by atoms with van der Waals surface area (Å²) >= 11 is 5.15. The molecule has 0 fully saturated rings. The van der Waals surface area contributed by atoms with E-state index in [1.54, 1.807) is 0 Å². The quantitative estimate of drug-likeness (QED) is 0.845. The number of nitrogens with one attached hydrogen (secondary N) is 1. The fourth-order valence-corrected chi connectivity index (χ4v) is 3.72. The average Bonchev–Trinajstić information content (AvgIpc) is 2.90. The first-order valence-corrected chi connectivity index (χ1v) is 8.79. The molecule has 0 saturated carbocycles. The second kappa shape index (κ2) is 6.99. The van der Waals surface area contributed by atoms with Crippen LogP contribution in [0.1, 0.15) is 49.9 Å². The maximum atomic E-state index is 4.37. The molecule has 0 radical (unpaired) electrons. The van der Waals surface area contributed by atoms with E-state index in [0.29, 0.717) is 0 Å². The molecule has 1 heterocycles. The molecule has 0 amide bonds. The van der Waals surface area contributed by atoms with Crippen molar-refractivity contribution in [2.24, 2.45) is 0 Å². The highest BCUT2D eigenvalue weighted by molar-refractivity contribution is 9.10. The lowest BCUT2D eigenvalue weighted by Crippen LogP contribution is -2.26. The van der Waals surface area contributed by atoms with E-state index in [4.69, 9.17) is 0 Å². The van der Waals surface area contributed by atoms with Gasteiger partial charge in [0.05, 0.1) is 10.6 Å². The Balaban J connectivity index is 2.32. The summed E-state index contributed by atoms with van der Waals surface area (Å²) in [7, 11) is 0. The number of nitrogens with zero attached hydrogens (tertiary/aromatic N) is 2. The molecular weight excluding hydrogens is 346 g/mol. The molecule has 2 aromatic rings. The van der Waals surface area contributed by atoms with Gasteiger partial charge in [0.15, 0.2) is 0 Å². The summed E-state index contributed by atoms with van der Waals surface area (Å²) in [6, 6.07) is 8.64. The molecule has 0 bridgehead atoms. The molecule has 0 aliphatic rings.